The summed E-state index contributed by atoms with van der Waals surface area (Å²) in [5.41, 5.74) is 0. The van der Waals surface area contributed by atoms with Crippen LogP contribution >= 0.6 is 22.9 Å². The molecule has 22 heavy (non-hydrogen) atoms. The summed E-state index contributed by atoms with van der Waals surface area (Å²) in [7, 11) is 0. The van der Waals surface area contributed by atoms with E-state index in [2.05, 4.69) is 17.2 Å². The van der Waals surface area contributed by atoms with E-state index < -0.39 is 6.10 Å². The van der Waals surface area contributed by atoms with E-state index in [4.69, 9.17) is 16.3 Å². The number of rotatable bonds is 9. The number of aliphatic hydroxyl groups is 1. The molecule has 120 valence electrons. The van der Waals surface area contributed by atoms with Crippen molar-refractivity contribution in [3.05, 3.63) is 45.4 Å². The first-order chi connectivity index (χ1) is 10.7. The normalized spacial score (nSPS) is 12.3. The Kier molecular flexibility index (Phi) is 7.12. The zero-order chi connectivity index (χ0) is 15.8. The van der Waals surface area contributed by atoms with Gasteiger partial charge in [0.15, 0.2) is 0 Å². The Labute approximate surface area is 140 Å². The Hall–Kier alpha value is -1.14. The fourth-order valence-corrected chi connectivity index (χ4v) is 2.86. The lowest BCUT2D eigenvalue weighted by Gasteiger charge is -2.13. The molecule has 0 spiro atoms. The number of halogens is 1. The van der Waals surface area contributed by atoms with E-state index >= 15 is 0 Å². The van der Waals surface area contributed by atoms with Gasteiger partial charge in [-0.15, -0.1) is 11.3 Å². The van der Waals surface area contributed by atoms with Crippen LogP contribution in [-0.4, -0.2) is 35.9 Å². The summed E-state index contributed by atoms with van der Waals surface area (Å²) >= 11 is 7.55. The second-order valence-electron chi connectivity index (χ2n) is 4.95. The average molecular weight is 341 g/mol. The van der Waals surface area contributed by atoms with E-state index in [-0.39, 0.29) is 6.61 Å². The Morgan fingerprint density at radius 3 is 2.82 bits per heavy atom. The third-order valence-electron chi connectivity index (χ3n) is 3.10. The van der Waals surface area contributed by atoms with Gasteiger partial charge in [-0.05, 0) is 30.7 Å². The number of nitrogens with zero attached hydrogens (tertiary/aromatic N) is 1. The number of hydrogen-bond donors (Lipinski definition) is 2. The zero-order valence-electron chi connectivity index (χ0n) is 12.6. The Morgan fingerprint density at radius 1 is 1.36 bits per heavy atom. The van der Waals surface area contributed by atoms with Crippen LogP contribution in [0.1, 0.15) is 16.8 Å². The number of aryl methyl sites for hydroxylation is 1. The van der Waals surface area contributed by atoms with Crippen LogP contribution in [0, 0.1) is 0 Å². The van der Waals surface area contributed by atoms with Gasteiger partial charge < -0.3 is 15.2 Å². The second kappa shape index (κ2) is 9.10. The van der Waals surface area contributed by atoms with Crippen molar-refractivity contribution in [2.45, 2.75) is 25.9 Å². The minimum absolute atomic E-state index is 0.256. The van der Waals surface area contributed by atoms with Gasteiger partial charge in [0.05, 0.1) is 5.01 Å². The molecule has 6 heteroatoms. The summed E-state index contributed by atoms with van der Waals surface area (Å²) in [5.74, 6) is 0.707. The van der Waals surface area contributed by atoms with Crippen molar-refractivity contribution in [2.75, 3.05) is 19.7 Å². The molecule has 0 saturated heterocycles. The first kappa shape index (κ1) is 17.2. The molecule has 1 aromatic heterocycles. The van der Waals surface area contributed by atoms with E-state index in [1.165, 1.54) is 4.88 Å². The smallest absolute Gasteiger partial charge is 0.119 e. The minimum atomic E-state index is -0.543. The van der Waals surface area contributed by atoms with Crippen LogP contribution in [0.2, 0.25) is 5.02 Å². The standard InChI is InChI=1S/C16H21ClN2O2S/c1-2-15-10-19-16(22-15)7-8-18-9-13(20)11-21-14-5-3-12(17)4-6-14/h3-6,10,13,18,20H,2,7-9,11H2,1H3. The third kappa shape index (κ3) is 5.93. The molecule has 1 unspecified atom stereocenters. The molecule has 0 saturated carbocycles. The predicted octanol–water partition coefficient (Wildman–Crippen LogP) is 2.93. The fraction of sp³-hybridized carbons (Fsp3) is 0.438. The van der Waals surface area contributed by atoms with Crippen molar-refractivity contribution in [1.29, 1.82) is 0 Å². The van der Waals surface area contributed by atoms with E-state index in [1.807, 2.05) is 6.20 Å². The molecule has 2 aromatic rings. The number of nitrogens with one attached hydrogen (secondary N) is 1. The van der Waals surface area contributed by atoms with E-state index in [1.54, 1.807) is 35.6 Å². The number of ether oxygens (including phenoxy) is 1. The molecule has 2 N–H and O–H groups in total. The van der Waals surface area contributed by atoms with Gasteiger partial charge in [-0.2, -0.15) is 0 Å². The maximum Gasteiger partial charge on any atom is 0.119 e. The second-order valence-corrected chi connectivity index (χ2v) is 6.58. The first-order valence-corrected chi connectivity index (χ1v) is 8.57. The molecular weight excluding hydrogens is 320 g/mol. The fourth-order valence-electron chi connectivity index (χ4n) is 1.87. The van der Waals surface area contributed by atoms with Gasteiger partial charge in [-0.25, -0.2) is 4.98 Å². The Morgan fingerprint density at radius 2 is 2.14 bits per heavy atom. The SMILES string of the molecule is CCc1cnc(CCNCC(O)COc2ccc(Cl)cc2)s1. The molecular formula is C16H21ClN2O2S. The predicted molar refractivity (Wildman–Crippen MR) is 91.0 cm³/mol. The lowest BCUT2D eigenvalue weighted by Crippen LogP contribution is -2.32. The molecule has 0 aliphatic rings. The van der Waals surface area contributed by atoms with Crippen molar-refractivity contribution in [1.82, 2.24) is 10.3 Å². The highest BCUT2D eigenvalue weighted by Crippen LogP contribution is 2.15. The van der Waals surface area contributed by atoms with Crippen molar-refractivity contribution in [3.8, 4) is 5.75 Å². The molecule has 1 atom stereocenters. The van der Waals surface area contributed by atoms with Crippen LogP contribution in [0.15, 0.2) is 30.5 Å². The topological polar surface area (TPSA) is 54.4 Å². The minimum Gasteiger partial charge on any atom is -0.491 e. The average Bonchev–Trinajstić information content (AvgIpc) is 2.99. The maximum absolute atomic E-state index is 9.88. The van der Waals surface area contributed by atoms with Gasteiger partial charge in [0.2, 0.25) is 0 Å². The van der Waals surface area contributed by atoms with Gasteiger partial charge in [-0.3, -0.25) is 0 Å². The van der Waals surface area contributed by atoms with Crippen LogP contribution in [-0.2, 0) is 12.8 Å². The van der Waals surface area contributed by atoms with Crippen molar-refractivity contribution >= 4 is 22.9 Å². The highest BCUT2D eigenvalue weighted by atomic mass is 35.5. The largest absolute Gasteiger partial charge is 0.491 e. The highest BCUT2D eigenvalue weighted by molar-refractivity contribution is 7.11. The lowest BCUT2D eigenvalue weighted by atomic mass is 10.3. The summed E-state index contributed by atoms with van der Waals surface area (Å²) in [6.45, 7) is 3.69. The van der Waals surface area contributed by atoms with Gasteiger partial charge in [0.25, 0.3) is 0 Å². The molecule has 0 fully saturated rings. The molecule has 1 heterocycles. The summed E-state index contributed by atoms with van der Waals surface area (Å²) in [5, 5.41) is 14.9. The summed E-state index contributed by atoms with van der Waals surface area (Å²) in [4.78, 5) is 5.68. The number of aromatic nitrogens is 1. The van der Waals surface area contributed by atoms with Crippen LogP contribution in [0.3, 0.4) is 0 Å². The van der Waals surface area contributed by atoms with E-state index in [0.29, 0.717) is 17.3 Å². The first-order valence-electron chi connectivity index (χ1n) is 7.38. The number of aliphatic hydroxyl groups excluding tert-OH is 1. The highest BCUT2D eigenvalue weighted by Gasteiger charge is 2.06. The number of hydrogen-bond acceptors (Lipinski definition) is 5. The molecule has 4 nitrogen and oxygen atoms in total. The molecule has 0 amide bonds. The Balaban J connectivity index is 1.59. The van der Waals surface area contributed by atoms with Crippen molar-refractivity contribution < 1.29 is 9.84 Å². The maximum atomic E-state index is 9.88. The van der Waals surface area contributed by atoms with E-state index in [9.17, 15) is 5.11 Å². The third-order valence-corrected chi connectivity index (χ3v) is 4.55. The summed E-state index contributed by atoms with van der Waals surface area (Å²) < 4.78 is 5.50. The zero-order valence-corrected chi connectivity index (χ0v) is 14.2. The monoisotopic (exact) mass is 340 g/mol. The van der Waals surface area contributed by atoms with Crippen molar-refractivity contribution in [3.63, 3.8) is 0 Å². The van der Waals surface area contributed by atoms with Crippen LogP contribution in [0.5, 0.6) is 5.75 Å². The van der Waals surface area contributed by atoms with E-state index in [0.717, 1.165) is 24.4 Å². The van der Waals surface area contributed by atoms with Crippen molar-refractivity contribution in [2.24, 2.45) is 0 Å². The number of thiazole rings is 1. The van der Waals surface area contributed by atoms with Gasteiger partial charge in [-0.1, -0.05) is 18.5 Å². The quantitative estimate of drug-likeness (QED) is 0.689. The van der Waals surface area contributed by atoms with Crippen LogP contribution < -0.4 is 10.1 Å². The molecule has 0 aliphatic heterocycles. The summed E-state index contributed by atoms with van der Waals surface area (Å²) in [6.07, 6.45) is 3.31. The molecule has 2 rings (SSSR count). The molecule has 0 aliphatic carbocycles. The van der Waals surface area contributed by atoms with Gasteiger partial charge in [0.1, 0.15) is 18.5 Å². The van der Waals surface area contributed by atoms with Gasteiger partial charge >= 0.3 is 0 Å². The van der Waals surface area contributed by atoms with Crippen LogP contribution in [0.4, 0.5) is 0 Å². The molecule has 1 aromatic carbocycles. The summed E-state index contributed by atoms with van der Waals surface area (Å²) in [6, 6.07) is 7.10. The van der Waals surface area contributed by atoms with Gasteiger partial charge in [0, 0.05) is 35.6 Å². The Bertz CT molecular complexity index is 560. The molecule has 0 radical (unpaired) electrons. The van der Waals surface area contributed by atoms with Crippen LogP contribution in [0.25, 0.3) is 0 Å². The molecule has 0 bridgehead atoms. The number of benzene rings is 1. The lowest BCUT2D eigenvalue weighted by molar-refractivity contribution is 0.106.